The molecule has 1 unspecified atom stereocenters. The van der Waals surface area contributed by atoms with E-state index in [9.17, 15) is 24.5 Å². The monoisotopic (exact) mass is 451 g/mol. The highest BCUT2D eigenvalue weighted by molar-refractivity contribution is 6.10. The zero-order chi connectivity index (χ0) is 23.6. The number of hydrogen-bond donors (Lipinski definition) is 2. The molecular weight excluding hydrogens is 426 g/mol. The van der Waals surface area contributed by atoms with Crippen molar-refractivity contribution >= 4 is 34.9 Å². The fourth-order valence-corrected chi connectivity index (χ4v) is 4.22. The second-order valence-corrected chi connectivity index (χ2v) is 8.40. The van der Waals surface area contributed by atoms with Crippen molar-refractivity contribution in [2.45, 2.75) is 31.7 Å². The average Bonchev–Trinajstić information content (AvgIpc) is 3.04. The van der Waals surface area contributed by atoms with Gasteiger partial charge in [0.05, 0.1) is 4.92 Å². The number of urea groups is 1. The fourth-order valence-electron chi connectivity index (χ4n) is 4.22. The number of carbonyl (C=O) groups is 3. The molecule has 2 aromatic carbocycles. The van der Waals surface area contributed by atoms with Gasteiger partial charge in [0.1, 0.15) is 12.1 Å². The van der Waals surface area contributed by atoms with E-state index in [1.54, 1.807) is 12.1 Å². The van der Waals surface area contributed by atoms with Crippen LogP contribution in [0.15, 0.2) is 48.5 Å². The summed E-state index contributed by atoms with van der Waals surface area (Å²) in [6, 6.07) is 12.2. The molecule has 0 spiro atoms. The maximum Gasteiger partial charge on any atom is 0.325 e. The summed E-state index contributed by atoms with van der Waals surface area (Å²) in [5.41, 5.74) is 0.231. The minimum atomic E-state index is -1.50. The van der Waals surface area contributed by atoms with Gasteiger partial charge in [0.15, 0.2) is 0 Å². The summed E-state index contributed by atoms with van der Waals surface area (Å²) in [5.74, 6) is -1.17. The third-order valence-corrected chi connectivity index (χ3v) is 6.08. The fraction of sp³-hybridized carbons (Fsp3) is 0.348. The van der Waals surface area contributed by atoms with Crippen molar-refractivity contribution in [3.8, 4) is 0 Å². The Hall–Kier alpha value is -3.95. The number of carbonyl (C=O) groups excluding carboxylic acids is 3. The SMILES string of the molecule is CC1(c2cccc([N+](=O)[O-])c2)NC(=O)N(CC(=O)Nc2ccc(N3CCCCC3)cc2)C1=O. The van der Waals surface area contributed by atoms with E-state index in [0.717, 1.165) is 23.7 Å². The number of nitrogens with zero attached hydrogens (tertiary/aromatic N) is 3. The van der Waals surface area contributed by atoms with E-state index < -0.39 is 34.9 Å². The second-order valence-electron chi connectivity index (χ2n) is 8.40. The first-order valence-corrected chi connectivity index (χ1v) is 10.8. The number of nitro benzene ring substituents is 1. The third-order valence-electron chi connectivity index (χ3n) is 6.08. The molecule has 0 bridgehead atoms. The van der Waals surface area contributed by atoms with Crippen LogP contribution in [0.1, 0.15) is 31.7 Å². The number of hydrogen-bond acceptors (Lipinski definition) is 6. The van der Waals surface area contributed by atoms with Gasteiger partial charge in [0.25, 0.3) is 11.6 Å². The van der Waals surface area contributed by atoms with E-state index in [0.29, 0.717) is 5.69 Å². The Kier molecular flexibility index (Phi) is 5.99. The van der Waals surface area contributed by atoms with Crippen LogP contribution in [0.25, 0.3) is 0 Å². The van der Waals surface area contributed by atoms with E-state index in [1.807, 2.05) is 12.1 Å². The van der Waals surface area contributed by atoms with Gasteiger partial charge in [-0.3, -0.25) is 24.6 Å². The molecule has 2 heterocycles. The topological polar surface area (TPSA) is 125 Å². The van der Waals surface area contributed by atoms with Gasteiger partial charge in [0, 0.05) is 36.6 Å². The summed E-state index contributed by atoms with van der Waals surface area (Å²) in [6.45, 7) is 3.02. The number of nitrogens with one attached hydrogen (secondary N) is 2. The number of benzene rings is 2. The molecule has 4 amide bonds. The molecule has 0 radical (unpaired) electrons. The Morgan fingerprint density at radius 2 is 1.82 bits per heavy atom. The largest absolute Gasteiger partial charge is 0.372 e. The standard InChI is InChI=1S/C23H25N5O5/c1-23(16-6-5-7-19(14-16)28(32)33)21(30)27(22(31)25-23)15-20(29)24-17-8-10-18(11-9-17)26-12-3-2-4-13-26/h5-11,14H,2-4,12-13,15H2,1H3,(H,24,29)(H,25,31). The van der Waals surface area contributed by atoms with Crippen LogP contribution in [0.4, 0.5) is 21.9 Å². The van der Waals surface area contributed by atoms with Gasteiger partial charge in [0.2, 0.25) is 5.91 Å². The summed E-state index contributed by atoms with van der Waals surface area (Å²) < 4.78 is 0. The number of imide groups is 1. The van der Waals surface area contributed by atoms with E-state index in [1.165, 1.54) is 50.5 Å². The first kappa shape index (κ1) is 22.3. The Labute approximate surface area is 190 Å². The smallest absolute Gasteiger partial charge is 0.325 e. The lowest BCUT2D eigenvalue weighted by atomic mass is 9.91. The summed E-state index contributed by atoms with van der Waals surface area (Å²) in [6.07, 6.45) is 3.58. The van der Waals surface area contributed by atoms with Gasteiger partial charge in [-0.2, -0.15) is 0 Å². The summed E-state index contributed by atoms with van der Waals surface area (Å²) in [7, 11) is 0. The number of nitro groups is 1. The van der Waals surface area contributed by atoms with E-state index in [-0.39, 0.29) is 11.3 Å². The Morgan fingerprint density at radius 3 is 2.48 bits per heavy atom. The highest BCUT2D eigenvalue weighted by atomic mass is 16.6. The van der Waals surface area contributed by atoms with Crippen molar-refractivity contribution in [3.63, 3.8) is 0 Å². The molecular formula is C23H25N5O5. The van der Waals surface area contributed by atoms with Crippen LogP contribution in [-0.4, -0.2) is 47.3 Å². The van der Waals surface area contributed by atoms with Crippen molar-refractivity contribution in [1.29, 1.82) is 0 Å². The Balaban J connectivity index is 1.42. The third kappa shape index (κ3) is 4.50. The molecule has 2 aliphatic rings. The molecule has 0 aliphatic carbocycles. The Morgan fingerprint density at radius 1 is 1.12 bits per heavy atom. The van der Waals surface area contributed by atoms with E-state index >= 15 is 0 Å². The molecule has 10 nitrogen and oxygen atoms in total. The van der Waals surface area contributed by atoms with Crippen molar-refractivity contribution in [3.05, 3.63) is 64.2 Å². The molecule has 0 saturated carbocycles. The molecule has 1 atom stereocenters. The highest BCUT2D eigenvalue weighted by Crippen LogP contribution is 2.31. The lowest BCUT2D eigenvalue weighted by Gasteiger charge is -2.28. The normalized spacial score (nSPS) is 20.5. The van der Waals surface area contributed by atoms with Crippen LogP contribution in [0.2, 0.25) is 0 Å². The molecule has 0 aromatic heterocycles. The number of rotatable bonds is 6. The lowest BCUT2D eigenvalue weighted by molar-refractivity contribution is -0.385. The van der Waals surface area contributed by atoms with Gasteiger partial charge < -0.3 is 15.5 Å². The molecule has 172 valence electrons. The maximum atomic E-state index is 13.0. The highest BCUT2D eigenvalue weighted by Gasteiger charge is 2.49. The van der Waals surface area contributed by atoms with E-state index in [2.05, 4.69) is 15.5 Å². The molecule has 4 rings (SSSR count). The summed E-state index contributed by atoms with van der Waals surface area (Å²) in [5, 5.41) is 16.3. The van der Waals surface area contributed by atoms with Gasteiger partial charge in [-0.15, -0.1) is 0 Å². The number of non-ortho nitro benzene ring substituents is 1. The molecule has 33 heavy (non-hydrogen) atoms. The first-order valence-electron chi connectivity index (χ1n) is 10.8. The van der Waals surface area contributed by atoms with Crippen molar-refractivity contribution in [1.82, 2.24) is 10.2 Å². The minimum absolute atomic E-state index is 0.194. The maximum absolute atomic E-state index is 13.0. The minimum Gasteiger partial charge on any atom is -0.372 e. The predicted octanol–water partition coefficient (Wildman–Crippen LogP) is 2.99. The first-order chi connectivity index (χ1) is 15.8. The zero-order valence-corrected chi connectivity index (χ0v) is 18.2. The summed E-state index contributed by atoms with van der Waals surface area (Å²) in [4.78, 5) is 51.7. The quantitative estimate of drug-likeness (QED) is 0.395. The van der Waals surface area contributed by atoms with E-state index in [4.69, 9.17) is 0 Å². The van der Waals surface area contributed by atoms with Crippen LogP contribution in [0.3, 0.4) is 0 Å². The molecule has 2 fully saturated rings. The van der Waals surface area contributed by atoms with Crippen molar-refractivity contribution in [2.24, 2.45) is 0 Å². The number of anilines is 2. The molecule has 10 heteroatoms. The Bertz CT molecular complexity index is 1100. The van der Waals surface area contributed by atoms with Crippen LogP contribution in [-0.2, 0) is 15.1 Å². The number of piperidine rings is 1. The second kappa shape index (κ2) is 8.89. The van der Waals surface area contributed by atoms with Gasteiger partial charge in [-0.1, -0.05) is 12.1 Å². The molecule has 2 N–H and O–H groups in total. The van der Waals surface area contributed by atoms with Gasteiger partial charge >= 0.3 is 6.03 Å². The molecule has 2 aliphatic heterocycles. The van der Waals surface area contributed by atoms with Gasteiger partial charge in [-0.25, -0.2) is 4.79 Å². The van der Waals surface area contributed by atoms with Gasteiger partial charge in [-0.05, 0) is 56.0 Å². The lowest BCUT2D eigenvalue weighted by Crippen LogP contribution is -2.42. The van der Waals surface area contributed by atoms with Crippen LogP contribution in [0, 0.1) is 10.1 Å². The molecule has 2 aromatic rings. The predicted molar refractivity (Wildman–Crippen MR) is 122 cm³/mol. The molecule has 2 saturated heterocycles. The van der Waals surface area contributed by atoms with Crippen LogP contribution in [0.5, 0.6) is 0 Å². The summed E-state index contributed by atoms with van der Waals surface area (Å²) >= 11 is 0. The average molecular weight is 451 g/mol. The van der Waals surface area contributed by atoms with Crippen molar-refractivity contribution in [2.75, 3.05) is 29.9 Å². The zero-order valence-electron chi connectivity index (χ0n) is 18.2. The van der Waals surface area contributed by atoms with Crippen molar-refractivity contribution < 1.29 is 19.3 Å². The van der Waals surface area contributed by atoms with Crippen LogP contribution >= 0.6 is 0 Å². The number of amides is 4. The van der Waals surface area contributed by atoms with Crippen LogP contribution < -0.4 is 15.5 Å².